The van der Waals surface area contributed by atoms with Gasteiger partial charge < -0.3 is 9.84 Å². The zero-order valence-electron chi connectivity index (χ0n) is 15.8. The van der Waals surface area contributed by atoms with Crippen LogP contribution in [0.1, 0.15) is 58.9 Å². The second-order valence-corrected chi connectivity index (χ2v) is 8.27. The molecule has 1 saturated carbocycles. The number of pyridine rings is 1. The minimum Gasteiger partial charge on any atom is -0.492 e. The van der Waals surface area contributed by atoms with Gasteiger partial charge in [0.15, 0.2) is 0 Å². The Balaban J connectivity index is 1.72. The van der Waals surface area contributed by atoms with Gasteiger partial charge >= 0.3 is 0 Å². The summed E-state index contributed by atoms with van der Waals surface area (Å²) in [6.07, 6.45) is 5.20. The van der Waals surface area contributed by atoms with Gasteiger partial charge in [0.05, 0.1) is 18.4 Å². The Morgan fingerprint density at radius 2 is 2.04 bits per heavy atom. The van der Waals surface area contributed by atoms with Crippen LogP contribution in [0.4, 0.5) is 5.82 Å². The van der Waals surface area contributed by atoms with Gasteiger partial charge in [-0.1, -0.05) is 27.7 Å². The van der Waals surface area contributed by atoms with Crippen molar-refractivity contribution in [2.75, 3.05) is 11.5 Å². The number of ether oxygens (including phenoxy) is 1. The highest BCUT2D eigenvalue weighted by molar-refractivity contribution is 5.96. The molecule has 5 nitrogen and oxygen atoms in total. The third-order valence-corrected chi connectivity index (χ3v) is 5.60. The number of aliphatic hydroxyl groups is 1. The van der Waals surface area contributed by atoms with Gasteiger partial charge in [0.2, 0.25) is 5.91 Å². The second kappa shape index (κ2) is 6.94. The van der Waals surface area contributed by atoms with Gasteiger partial charge in [0.1, 0.15) is 11.6 Å². The molecule has 1 aliphatic heterocycles. The summed E-state index contributed by atoms with van der Waals surface area (Å²) in [5.41, 5.74) is 0.421. The van der Waals surface area contributed by atoms with Crippen LogP contribution in [-0.4, -0.2) is 34.2 Å². The number of aryl methyl sites for hydroxylation is 1. The maximum atomic E-state index is 12.5. The van der Waals surface area contributed by atoms with Crippen LogP contribution in [0.2, 0.25) is 0 Å². The molecule has 0 radical (unpaired) electrons. The first-order valence-electron chi connectivity index (χ1n) is 9.46. The van der Waals surface area contributed by atoms with Gasteiger partial charge in [-0.3, -0.25) is 9.69 Å². The molecule has 2 aliphatic rings. The smallest absolute Gasteiger partial charge is 0.228 e. The lowest BCUT2D eigenvalue weighted by Gasteiger charge is -2.51. The van der Waals surface area contributed by atoms with Gasteiger partial charge in [-0.05, 0) is 49.1 Å². The summed E-state index contributed by atoms with van der Waals surface area (Å²) >= 11 is 0. The highest BCUT2D eigenvalue weighted by Crippen LogP contribution is 2.44. The average molecular weight is 346 g/mol. The summed E-state index contributed by atoms with van der Waals surface area (Å²) in [7, 11) is 0. The first-order chi connectivity index (χ1) is 11.8. The second-order valence-electron chi connectivity index (χ2n) is 8.27. The van der Waals surface area contributed by atoms with Crippen LogP contribution >= 0.6 is 0 Å². The molecule has 0 atom stereocenters. The molecule has 1 N–H and O–H groups in total. The molecule has 1 aromatic heterocycles. The molecule has 138 valence electrons. The van der Waals surface area contributed by atoms with Crippen molar-refractivity contribution in [1.29, 1.82) is 0 Å². The summed E-state index contributed by atoms with van der Waals surface area (Å²) in [5.74, 6) is 2.46. The molecule has 1 aliphatic carbocycles. The Bertz CT molecular complexity index is 636. The SMILES string of the molecule is CC(C)CCOc1cnc2c(c1)CCC(=O)N2[C@H]1C[C@@](O)(C(C)C)C1. The first kappa shape index (κ1) is 18.2. The van der Waals surface area contributed by atoms with Crippen molar-refractivity contribution in [1.82, 2.24) is 4.98 Å². The van der Waals surface area contributed by atoms with E-state index in [1.54, 1.807) is 6.20 Å². The highest BCUT2D eigenvalue weighted by Gasteiger charge is 2.49. The van der Waals surface area contributed by atoms with Crippen LogP contribution in [0.15, 0.2) is 12.3 Å². The summed E-state index contributed by atoms with van der Waals surface area (Å²) in [6.45, 7) is 9.09. The fourth-order valence-corrected chi connectivity index (χ4v) is 3.64. The Hall–Kier alpha value is -1.62. The molecule has 0 saturated heterocycles. The van der Waals surface area contributed by atoms with E-state index < -0.39 is 5.60 Å². The largest absolute Gasteiger partial charge is 0.492 e. The number of hydrogen-bond donors (Lipinski definition) is 1. The number of fused-ring (bicyclic) bond motifs is 1. The topological polar surface area (TPSA) is 62.7 Å². The van der Waals surface area contributed by atoms with Gasteiger partial charge in [-0.25, -0.2) is 4.98 Å². The molecule has 3 rings (SSSR count). The van der Waals surface area contributed by atoms with Crippen LogP contribution in [0.3, 0.4) is 0 Å². The zero-order chi connectivity index (χ0) is 18.2. The standard InChI is InChI=1S/C20H30N2O3/c1-13(2)7-8-25-17-9-15-5-6-18(23)22(19(15)21-12-17)16-10-20(24,11-16)14(3)4/h9,12-14,16,24H,5-8,10-11H2,1-4H3/t16-,20-. The molecule has 0 bridgehead atoms. The summed E-state index contributed by atoms with van der Waals surface area (Å²) in [5, 5.41) is 10.5. The average Bonchev–Trinajstić information content (AvgIpc) is 2.52. The number of nitrogens with zero attached hydrogens (tertiary/aromatic N) is 2. The fraction of sp³-hybridized carbons (Fsp3) is 0.700. The van der Waals surface area contributed by atoms with E-state index >= 15 is 0 Å². The van der Waals surface area contributed by atoms with Gasteiger partial charge in [0, 0.05) is 12.5 Å². The van der Waals surface area contributed by atoms with E-state index in [-0.39, 0.29) is 17.9 Å². The van der Waals surface area contributed by atoms with Crippen LogP contribution in [0.25, 0.3) is 0 Å². The minimum atomic E-state index is -0.650. The lowest BCUT2D eigenvalue weighted by Crippen LogP contribution is -2.60. The number of hydrogen-bond acceptors (Lipinski definition) is 4. The predicted molar refractivity (Wildman–Crippen MR) is 97.8 cm³/mol. The van der Waals surface area contributed by atoms with Crippen LogP contribution in [0, 0.1) is 11.8 Å². The normalized spacial score (nSPS) is 26.0. The summed E-state index contributed by atoms with van der Waals surface area (Å²) in [4.78, 5) is 18.8. The maximum absolute atomic E-state index is 12.5. The molecule has 0 unspecified atom stereocenters. The molecular weight excluding hydrogens is 316 g/mol. The molecule has 1 fully saturated rings. The van der Waals surface area contributed by atoms with Crippen LogP contribution in [0.5, 0.6) is 5.75 Å². The molecule has 0 spiro atoms. The lowest BCUT2D eigenvalue weighted by molar-refractivity contribution is -0.124. The fourth-order valence-electron chi connectivity index (χ4n) is 3.64. The lowest BCUT2D eigenvalue weighted by atomic mass is 9.68. The van der Waals surface area contributed by atoms with Gasteiger partial charge in [-0.2, -0.15) is 0 Å². The number of carbonyl (C=O) groups excluding carboxylic acids is 1. The number of anilines is 1. The van der Waals surface area contributed by atoms with E-state index in [9.17, 15) is 9.90 Å². The van der Waals surface area contributed by atoms with Crippen molar-refractivity contribution >= 4 is 11.7 Å². The quantitative estimate of drug-likeness (QED) is 0.858. The Morgan fingerprint density at radius 1 is 1.32 bits per heavy atom. The molecule has 1 aromatic rings. The van der Waals surface area contributed by atoms with Crippen molar-refractivity contribution in [2.24, 2.45) is 11.8 Å². The van der Waals surface area contributed by atoms with Crippen molar-refractivity contribution < 1.29 is 14.6 Å². The monoisotopic (exact) mass is 346 g/mol. The van der Waals surface area contributed by atoms with E-state index in [2.05, 4.69) is 18.8 Å². The highest BCUT2D eigenvalue weighted by atomic mass is 16.5. The molecule has 2 heterocycles. The predicted octanol–water partition coefficient (Wildman–Crippen LogP) is 3.34. The summed E-state index contributed by atoms with van der Waals surface area (Å²) < 4.78 is 5.80. The maximum Gasteiger partial charge on any atom is 0.228 e. The molecular formula is C20H30N2O3. The van der Waals surface area contributed by atoms with Crippen molar-refractivity contribution in [3.8, 4) is 5.75 Å². The number of rotatable bonds is 6. The minimum absolute atomic E-state index is 0.0548. The van der Waals surface area contributed by atoms with Crippen LogP contribution in [-0.2, 0) is 11.2 Å². The van der Waals surface area contributed by atoms with Crippen LogP contribution < -0.4 is 9.64 Å². The Labute approximate surface area is 150 Å². The van der Waals surface area contributed by atoms with Gasteiger partial charge in [-0.15, -0.1) is 0 Å². The molecule has 0 aromatic carbocycles. The molecule has 1 amide bonds. The van der Waals surface area contributed by atoms with E-state index in [1.165, 1.54) is 0 Å². The van der Waals surface area contributed by atoms with Crippen molar-refractivity contribution in [3.63, 3.8) is 0 Å². The van der Waals surface area contributed by atoms with Gasteiger partial charge in [0.25, 0.3) is 0 Å². The van der Waals surface area contributed by atoms with Crippen molar-refractivity contribution in [3.05, 3.63) is 17.8 Å². The van der Waals surface area contributed by atoms with E-state index in [4.69, 9.17) is 4.74 Å². The number of aromatic nitrogens is 1. The van der Waals surface area contributed by atoms with E-state index in [0.29, 0.717) is 38.2 Å². The first-order valence-corrected chi connectivity index (χ1v) is 9.46. The number of amides is 1. The zero-order valence-corrected chi connectivity index (χ0v) is 15.8. The number of carbonyl (C=O) groups is 1. The Kier molecular flexibility index (Phi) is 5.05. The van der Waals surface area contributed by atoms with E-state index in [1.807, 2.05) is 24.8 Å². The molecule has 25 heavy (non-hydrogen) atoms. The third kappa shape index (κ3) is 3.66. The Morgan fingerprint density at radius 3 is 2.68 bits per heavy atom. The molecule has 5 heteroatoms. The van der Waals surface area contributed by atoms with E-state index in [0.717, 1.165) is 23.6 Å². The third-order valence-electron chi connectivity index (χ3n) is 5.60. The van der Waals surface area contributed by atoms with Crippen molar-refractivity contribution in [2.45, 2.75) is 71.4 Å². The summed E-state index contributed by atoms with van der Waals surface area (Å²) in [6, 6.07) is 2.08.